The Balaban J connectivity index is 2.01. The van der Waals surface area contributed by atoms with Crippen LogP contribution in [0.4, 0.5) is 0 Å². The summed E-state index contributed by atoms with van der Waals surface area (Å²) in [6.45, 7) is 2.04. The highest BCUT2D eigenvalue weighted by molar-refractivity contribution is 9.10. The van der Waals surface area contributed by atoms with Gasteiger partial charge in [-0.2, -0.15) is 0 Å². The van der Waals surface area contributed by atoms with Gasteiger partial charge in [0.15, 0.2) is 0 Å². The maximum absolute atomic E-state index is 12.1. The highest BCUT2D eigenvalue weighted by atomic mass is 79.9. The summed E-state index contributed by atoms with van der Waals surface area (Å²) in [6.07, 6.45) is 1.86. The molecule has 1 heterocycles. The zero-order valence-electron chi connectivity index (χ0n) is 11.3. The summed E-state index contributed by atoms with van der Waals surface area (Å²) >= 11 is 3.24. The van der Waals surface area contributed by atoms with E-state index in [0.29, 0.717) is 16.9 Å². The van der Waals surface area contributed by atoms with Crippen LogP contribution in [0.5, 0.6) is 0 Å². The van der Waals surface area contributed by atoms with Crippen molar-refractivity contribution >= 4 is 31.9 Å². The van der Waals surface area contributed by atoms with E-state index in [0.717, 1.165) is 26.1 Å². The van der Waals surface area contributed by atoms with Gasteiger partial charge in [0.05, 0.1) is 10.5 Å². The Morgan fingerprint density at radius 3 is 2.86 bits per heavy atom. The van der Waals surface area contributed by atoms with Crippen LogP contribution in [0.2, 0.25) is 0 Å². The second-order valence-corrected chi connectivity index (χ2v) is 7.38. The van der Waals surface area contributed by atoms with Crippen molar-refractivity contribution in [3.05, 3.63) is 28.2 Å². The number of benzene rings is 1. The second-order valence-electron chi connectivity index (χ2n) is 4.96. The summed E-state index contributed by atoms with van der Waals surface area (Å²) in [4.78, 5) is 12.0. The third kappa shape index (κ3) is 4.50. The van der Waals surface area contributed by atoms with Crippen LogP contribution in [0.15, 0.2) is 27.6 Å². The molecule has 116 valence electrons. The van der Waals surface area contributed by atoms with E-state index in [2.05, 4.69) is 21.2 Å². The highest BCUT2D eigenvalue weighted by Crippen LogP contribution is 2.21. The lowest BCUT2D eigenvalue weighted by Gasteiger charge is -2.10. The van der Waals surface area contributed by atoms with Gasteiger partial charge < -0.3 is 10.1 Å². The summed E-state index contributed by atoms with van der Waals surface area (Å²) in [5.74, 6) is 0.149. The van der Waals surface area contributed by atoms with E-state index < -0.39 is 10.0 Å². The van der Waals surface area contributed by atoms with E-state index in [9.17, 15) is 13.2 Å². The largest absolute Gasteiger partial charge is 0.381 e. The average Bonchev–Trinajstić information content (AvgIpc) is 2.91. The van der Waals surface area contributed by atoms with Gasteiger partial charge in [-0.15, -0.1) is 0 Å². The Hall–Kier alpha value is -0.960. The van der Waals surface area contributed by atoms with Crippen LogP contribution >= 0.6 is 15.9 Å². The first-order valence-corrected chi connectivity index (χ1v) is 8.90. The number of rotatable bonds is 5. The van der Waals surface area contributed by atoms with Crippen LogP contribution < -0.4 is 10.5 Å². The molecular formula is C13H17BrN2O4S. The summed E-state index contributed by atoms with van der Waals surface area (Å²) in [5.41, 5.74) is 0.254. The molecule has 6 nitrogen and oxygen atoms in total. The van der Waals surface area contributed by atoms with Crippen molar-refractivity contribution in [1.29, 1.82) is 0 Å². The van der Waals surface area contributed by atoms with E-state index in [1.165, 1.54) is 18.2 Å². The normalized spacial score (nSPS) is 18.7. The van der Waals surface area contributed by atoms with Crippen molar-refractivity contribution in [2.45, 2.75) is 17.7 Å². The van der Waals surface area contributed by atoms with E-state index in [1.54, 1.807) is 0 Å². The third-order valence-electron chi connectivity index (χ3n) is 3.37. The molecule has 1 aromatic carbocycles. The molecule has 1 aromatic rings. The molecule has 1 atom stereocenters. The molecule has 0 spiro atoms. The predicted molar refractivity (Wildman–Crippen MR) is 81.4 cm³/mol. The monoisotopic (exact) mass is 376 g/mol. The molecule has 2 rings (SSSR count). The Kier molecular flexibility index (Phi) is 5.37. The third-order valence-corrected chi connectivity index (χ3v) is 4.98. The predicted octanol–water partition coefficient (Wildman–Crippen LogP) is 1.25. The molecule has 3 N–H and O–H groups in total. The number of hydrogen-bond donors (Lipinski definition) is 2. The van der Waals surface area contributed by atoms with Crippen molar-refractivity contribution in [3.8, 4) is 0 Å². The maximum atomic E-state index is 12.1. The number of nitrogens with two attached hydrogens (primary N) is 1. The fraction of sp³-hybridized carbons (Fsp3) is 0.462. The molecule has 1 amide bonds. The Labute approximate surface area is 132 Å². The molecule has 1 aliphatic heterocycles. The van der Waals surface area contributed by atoms with Gasteiger partial charge in [-0.3, -0.25) is 4.79 Å². The fourth-order valence-electron chi connectivity index (χ4n) is 2.15. The molecule has 1 aliphatic rings. The minimum Gasteiger partial charge on any atom is -0.381 e. The maximum Gasteiger partial charge on any atom is 0.252 e. The number of nitrogens with one attached hydrogen (secondary N) is 1. The fourth-order valence-corrected chi connectivity index (χ4v) is 3.12. The molecule has 0 aromatic heterocycles. The number of halogens is 1. The van der Waals surface area contributed by atoms with Crippen molar-refractivity contribution in [1.82, 2.24) is 5.32 Å². The molecule has 1 fully saturated rings. The molecule has 0 aliphatic carbocycles. The Morgan fingerprint density at radius 1 is 1.48 bits per heavy atom. The lowest BCUT2D eigenvalue weighted by molar-refractivity contribution is 0.0949. The van der Waals surface area contributed by atoms with E-state index in [4.69, 9.17) is 9.88 Å². The summed E-state index contributed by atoms with van der Waals surface area (Å²) in [5, 5.41) is 7.86. The minimum atomic E-state index is -3.83. The van der Waals surface area contributed by atoms with E-state index >= 15 is 0 Å². The van der Waals surface area contributed by atoms with E-state index in [1.807, 2.05) is 0 Å². The van der Waals surface area contributed by atoms with Gasteiger partial charge in [-0.25, -0.2) is 13.6 Å². The quantitative estimate of drug-likeness (QED) is 0.807. The molecule has 0 bridgehead atoms. The number of hydrogen-bond acceptors (Lipinski definition) is 4. The number of amides is 1. The first-order chi connectivity index (χ1) is 9.88. The number of carbonyl (C=O) groups is 1. The SMILES string of the molecule is NS(=O)(=O)c1ccc(Br)c(C(=O)NCCC2CCOC2)c1. The second kappa shape index (κ2) is 6.87. The van der Waals surface area contributed by atoms with Crippen molar-refractivity contribution in [2.24, 2.45) is 11.1 Å². The standard InChI is InChI=1S/C13H17BrN2O4S/c14-12-2-1-10(21(15,18)19)7-11(12)13(17)16-5-3-9-4-6-20-8-9/h1-2,7,9H,3-6,8H2,(H,16,17)(H2,15,18,19). The van der Waals surface area contributed by atoms with Gasteiger partial charge in [0, 0.05) is 24.2 Å². The van der Waals surface area contributed by atoms with Gasteiger partial charge in [0.2, 0.25) is 10.0 Å². The van der Waals surface area contributed by atoms with Crippen molar-refractivity contribution in [3.63, 3.8) is 0 Å². The molecule has 8 heteroatoms. The van der Waals surface area contributed by atoms with Gasteiger partial charge in [-0.05, 0) is 52.9 Å². The van der Waals surface area contributed by atoms with Crippen LogP contribution in [0, 0.1) is 5.92 Å². The lowest BCUT2D eigenvalue weighted by atomic mass is 10.1. The number of sulfonamides is 1. The number of primary sulfonamides is 1. The molecule has 0 radical (unpaired) electrons. The van der Waals surface area contributed by atoms with Crippen LogP contribution in [0.3, 0.4) is 0 Å². The average molecular weight is 377 g/mol. The minimum absolute atomic E-state index is 0.0833. The lowest BCUT2D eigenvalue weighted by Crippen LogP contribution is -2.26. The Bertz CT molecular complexity index is 627. The Morgan fingerprint density at radius 2 is 2.24 bits per heavy atom. The highest BCUT2D eigenvalue weighted by Gasteiger charge is 2.18. The van der Waals surface area contributed by atoms with Gasteiger partial charge in [0.1, 0.15) is 0 Å². The molecule has 0 saturated carbocycles. The zero-order chi connectivity index (χ0) is 15.5. The van der Waals surface area contributed by atoms with Crippen LogP contribution in [0.1, 0.15) is 23.2 Å². The van der Waals surface area contributed by atoms with E-state index in [-0.39, 0.29) is 16.4 Å². The van der Waals surface area contributed by atoms with Gasteiger partial charge >= 0.3 is 0 Å². The van der Waals surface area contributed by atoms with Crippen molar-refractivity contribution < 1.29 is 17.9 Å². The summed E-state index contributed by atoms with van der Waals surface area (Å²) in [6, 6.07) is 4.12. The van der Waals surface area contributed by atoms with Gasteiger partial charge in [0.25, 0.3) is 5.91 Å². The molecule has 1 saturated heterocycles. The molecular weight excluding hydrogens is 360 g/mol. The van der Waals surface area contributed by atoms with Crippen molar-refractivity contribution in [2.75, 3.05) is 19.8 Å². The first-order valence-electron chi connectivity index (χ1n) is 6.56. The number of ether oxygens (including phenoxy) is 1. The smallest absolute Gasteiger partial charge is 0.252 e. The van der Waals surface area contributed by atoms with Crippen LogP contribution in [0.25, 0.3) is 0 Å². The number of carbonyl (C=O) groups excluding carboxylic acids is 1. The molecule has 1 unspecified atom stereocenters. The zero-order valence-corrected chi connectivity index (χ0v) is 13.7. The summed E-state index contributed by atoms with van der Waals surface area (Å²) in [7, 11) is -3.83. The molecule has 21 heavy (non-hydrogen) atoms. The van der Waals surface area contributed by atoms with Gasteiger partial charge in [-0.1, -0.05) is 0 Å². The topological polar surface area (TPSA) is 98.5 Å². The first kappa shape index (κ1) is 16.4. The van der Waals surface area contributed by atoms with Crippen LogP contribution in [-0.4, -0.2) is 34.1 Å². The summed E-state index contributed by atoms with van der Waals surface area (Å²) < 4.78 is 28.4. The van der Waals surface area contributed by atoms with Crippen LogP contribution in [-0.2, 0) is 14.8 Å².